The molecule has 0 radical (unpaired) electrons. The van der Waals surface area contributed by atoms with Gasteiger partial charge in [-0.15, -0.1) is 0 Å². The van der Waals surface area contributed by atoms with Crippen molar-refractivity contribution in [3.05, 3.63) is 53.1 Å². The Hall–Kier alpha value is -2.98. The molecule has 0 spiro atoms. The van der Waals surface area contributed by atoms with Crippen molar-refractivity contribution in [1.29, 1.82) is 0 Å². The fourth-order valence-electron chi connectivity index (χ4n) is 4.54. The second-order valence-corrected chi connectivity index (χ2v) is 11.8. The zero-order valence-electron chi connectivity index (χ0n) is 22.3. The maximum atomic E-state index is 13.7. The molecule has 9 nitrogen and oxygen atoms in total. The van der Waals surface area contributed by atoms with Gasteiger partial charge in [-0.3, -0.25) is 13.9 Å². The number of sulfonamides is 1. The molecule has 11 heteroatoms. The Balaban J connectivity index is 1.90. The first-order chi connectivity index (χ1) is 18.0. The number of rotatable bonds is 11. The third-order valence-electron chi connectivity index (χ3n) is 6.71. The topological polar surface area (TPSA) is 105 Å². The van der Waals surface area contributed by atoms with Crippen LogP contribution in [0.5, 0.6) is 11.5 Å². The Morgan fingerprint density at radius 3 is 2.39 bits per heavy atom. The number of benzene rings is 2. The first-order valence-corrected chi connectivity index (χ1v) is 14.8. The number of hydrogen-bond donors (Lipinski definition) is 1. The van der Waals surface area contributed by atoms with Crippen LogP contribution in [0.4, 0.5) is 5.69 Å². The summed E-state index contributed by atoms with van der Waals surface area (Å²) in [4.78, 5) is 28.4. The monoisotopic (exact) mass is 565 g/mol. The van der Waals surface area contributed by atoms with Gasteiger partial charge < -0.3 is 19.7 Å². The van der Waals surface area contributed by atoms with Gasteiger partial charge in [-0.25, -0.2) is 8.42 Å². The molecule has 0 unspecified atom stereocenters. The lowest BCUT2D eigenvalue weighted by atomic mass is 9.95. The van der Waals surface area contributed by atoms with Crippen molar-refractivity contribution in [3.8, 4) is 11.5 Å². The number of hydrogen-bond acceptors (Lipinski definition) is 6. The van der Waals surface area contributed by atoms with Gasteiger partial charge in [0, 0.05) is 12.6 Å². The van der Waals surface area contributed by atoms with Crippen molar-refractivity contribution in [3.63, 3.8) is 0 Å². The predicted molar refractivity (Wildman–Crippen MR) is 148 cm³/mol. The van der Waals surface area contributed by atoms with Crippen LogP contribution in [0.2, 0.25) is 5.02 Å². The number of halogens is 1. The Labute approximate surface area is 230 Å². The molecule has 1 atom stereocenters. The van der Waals surface area contributed by atoms with Crippen LogP contribution in [0.15, 0.2) is 42.5 Å². The fraction of sp³-hybridized carbons (Fsp3) is 0.481. The molecular weight excluding hydrogens is 530 g/mol. The van der Waals surface area contributed by atoms with Crippen LogP contribution in [0, 0.1) is 0 Å². The highest BCUT2D eigenvalue weighted by molar-refractivity contribution is 7.92. The highest BCUT2D eigenvalue weighted by Gasteiger charge is 2.31. The van der Waals surface area contributed by atoms with Crippen molar-refractivity contribution < 1.29 is 27.5 Å². The third kappa shape index (κ3) is 7.77. The second kappa shape index (κ2) is 13.2. The van der Waals surface area contributed by atoms with E-state index in [1.54, 1.807) is 32.2 Å². The third-order valence-corrected chi connectivity index (χ3v) is 8.14. The Morgan fingerprint density at radius 1 is 1.08 bits per heavy atom. The van der Waals surface area contributed by atoms with Crippen LogP contribution in [-0.4, -0.2) is 64.2 Å². The SMILES string of the molecule is COc1cccc(CN(C(=O)CN(c2ccc(OC)c(Cl)c2)S(C)(=O)=O)[C@H](C)C(=O)NC2CCCCC2)c1. The smallest absolute Gasteiger partial charge is 0.244 e. The molecule has 0 bridgehead atoms. The van der Waals surface area contributed by atoms with E-state index >= 15 is 0 Å². The molecule has 0 aromatic heterocycles. The van der Waals surface area contributed by atoms with E-state index in [1.165, 1.54) is 30.2 Å². The van der Waals surface area contributed by atoms with Gasteiger partial charge in [-0.2, -0.15) is 0 Å². The van der Waals surface area contributed by atoms with Gasteiger partial charge >= 0.3 is 0 Å². The van der Waals surface area contributed by atoms with Gasteiger partial charge in [0.25, 0.3) is 0 Å². The molecule has 2 amide bonds. The van der Waals surface area contributed by atoms with Gasteiger partial charge in [0.1, 0.15) is 24.1 Å². The quantitative estimate of drug-likeness (QED) is 0.442. The number of carbonyl (C=O) groups is 2. The van der Waals surface area contributed by atoms with Crippen LogP contribution in [0.1, 0.15) is 44.6 Å². The van der Waals surface area contributed by atoms with E-state index in [1.807, 2.05) is 6.07 Å². The van der Waals surface area contributed by atoms with Crippen LogP contribution in [-0.2, 0) is 26.2 Å². The molecule has 1 fully saturated rings. The van der Waals surface area contributed by atoms with Gasteiger partial charge in [0.05, 0.1) is 31.2 Å². The molecule has 2 aromatic carbocycles. The van der Waals surface area contributed by atoms with Crippen LogP contribution in [0.3, 0.4) is 0 Å². The number of nitrogens with zero attached hydrogens (tertiary/aromatic N) is 2. The van der Waals surface area contributed by atoms with Crippen molar-refractivity contribution >= 4 is 39.1 Å². The summed E-state index contributed by atoms with van der Waals surface area (Å²) < 4.78 is 36.9. The molecule has 0 aliphatic heterocycles. The lowest BCUT2D eigenvalue weighted by Crippen LogP contribution is -2.52. The van der Waals surface area contributed by atoms with E-state index in [9.17, 15) is 18.0 Å². The summed E-state index contributed by atoms with van der Waals surface area (Å²) in [6.45, 7) is 1.24. The van der Waals surface area contributed by atoms with E-state index in [0.29, 0.717) is 11.5 Å². The van der Waals surface area contributed by atoms with E-state index in [2.05, 4.69) is 5.32 Å². The fourth-order valence-corrected chi connectivity index (χ4v) is 5.64. The molecule has 208 valence electrons. The predicted octanol–water partition coefficient (Wildman–Crippen LogP) is 3.99. The minimum absolute atomic E-state index is 0.0708. The van der Waals surface area contributed by atoms with E-state index in [-0.39, 0.29) is 29.2 Å². The average Bonchev–Trinajstić information content (AvgIpc) is 2.89. The number of nitrogens with one attached hydrogen (secondary N) is 1. The van der Waals surface area contributed by atoms with Crippen molar-refractivity contribution in [2.75, 3.05) is 31.3 Å². The summed E-state index contributed by atoms with van der Waals surface area (Å²) in [5.41, 5.74) is 0.959. The van der Waals surface area contributed by atoms with Crippen LogP contribution in [0.25, 0.3) is 0 Å². The average molecular weight is 566 g/mol. The molecule has 0 heterocycles. The molecule has 2 aromatic rings. The summed E-state index contributed by atoms with van der Waals surface area (Å²) in [6, 6.07) is 10.9. The molecule has 3 rings (SSSR count). The molecule has 1 N–H and O–H groups in total. The summed E-state index contributed by atoms with van der Waals surface area (Å²) in [6.07, 6.45) is 6.09. The summed E-state index contributed by atoms with van der Waals surface area (Å²) in [5, 5.41) is 3.28. The Morgan fingerprint density at radius 2 is 1.79 bits per heavy atom. The lowest BCUT2D eigenvalue weighted by Gasteiger charge is -2.33. The largest absolute Gasteiger partial charge is 0.497 e. The maximum Gasteiger partial charge on any atom is 0.244 e. The van der Waals surface area contributed by atoms with E-state index in [4.69, 9.17) is 21.1 Å². The van der Waals surface area contributed by atoms with Gasteiger partial charge in [-0.1, -0.05) is 43.0 Å². The van der Waals surface area contributed by atoms with Crippen molar-refractivity contribution in [2.45, 2.75) is 57.7 Å². The van der Waals surface area contributed by atoms with E-state index in [0.717, 1.165) is 48.2 Å². The minimum atomic E-state index is -3.87. The van der Waals surface area contributed by atoms with Crippen molar-refractivity contribution in [1.82, 2.24) is 10.2 Å². The first kappa shape index (κ1) is 29.6. The molecule has 0 saturated heterocycles. The van der Waals surface area contributed by atoms with Crippen molar-refractivity contribution in [2.24, 2.45) is 0 Å². The first-order valence-electron chi connectivity index (χ1n) is 12.6. The molecule has 1 saturated carbocycles. The number of ether oxygens (including phenoxy) is 2. The standard InChI is InChI=1S/C27H36ClN3O6S/c1-19(27(33)29-21-10-6-5-7-11-21)30(17-20-9-8-12-23(15-20)36-2)26(32)18-31(38(4,34)35)22-13-14-25(37-3)24(28)16-22/h8-9,12-16,19,21H,5-7,10-11,17-18H2,1-4H3,(H,29,33)/t19-/m1/s1. The highest BCUT2D eigenvalue weighted by Crippen LogP contribution is 2.30. The zero-order chi connectivity index (χ0) is 27.9. The number of carbonyl (C=O) groups excluding carboxylic acids is 2. The lowest BCUT2D eigenvalue weighted by molar-refractivity contribution is -0.139. The maximum absolute atomic E-state index is 13.7. The zero-order valence-corrected chi connectivity index (χ0v) is 23.8. The van der Waals surface area contributed by atoms with Gasteiger partial charge in [0.2, 0.25) is 21.8 Å². The molecule has 1 aliphatic rings. The van der Waals surface area contributed by atoms with Gasteiger partial charge in [-0.05, 0) is 55.7 Å². The molecular formula is C27H36ClN3O6S. The summed E-state index contributed by atoms with van der Waals surface area (Å²) in [5.74, 6) is 0.186. The second-order valence-electron chi connectivity index (χ2n) is 9.48. The number of amides is 2. The Bertz CT molecular complexity index is 1230. The van der Waals surface area contributed by atoms with Crippen LogP contribution >= 0.6 is 11.6 Å². The van der Waals surface area contributed by atoms with E-state index < -0.39 is 28.5 Å². The Kier molecular flexibility index (Phi) is 10.3. The number of methoxy groups -OCH3 is 2. The summed E-state index contributed by atoms with van der Waals surface area (Å²) >= 11 is 6.24. The minimum Gasteiger partial charge on any atom is -0.497 e. The summed E-state index contributed by atoms with van der Waals surface area (Å²) in [7, 11) is -0.868. The number of anilines is 1. The molecule has 1 aliphatic carbocycles. The van der Waals surface area contributed by atoms with Gasteiger partial charge in [0.15, 0.2) is 0 Å². The highest BCUT2D eigenvalue weighted by atomic mass is 35.5. The molecule has 38 heavy (non-hydrogen) atoms. The van der Waals surface area contributed by atoms with Crippen LogP contribution < -0.4 is 19.1 Å². The normalized spacial score (nSPS) is 14.9.